The highest BCUT2D eigenvalue weighted by molar-refractivity contribution is 9.10. The number of hydrogen-bond donors (Lipinski definition) is 2. The maximum Gasteiger partial charge on any atom is 0.242 e. The molecule has 1 amide bonds. The quantitative estimate of drug-likeness (QED) is 0.847. The normalized spacial score (nSPS) is 17.1. The molecule has 21 heavy (non-hydrogen) atoms. The summed E-state index contributed by atoms with van der Waals surface area (Å²) >= 11 is 3.49. The van der Waals surface area contributed by atoms with Crippen LogP contribution in [0.4, 0.5) is 5.69 Å². The van der Waals surface area contributed by atoms with E-state index in [1.54, 1.807) is 7.11 Å². The Bertz CT molecular complexity index is 487. The molecule has 1 aliphatic rings. The second-order valence-corrected chi connectivity index (χ2v) is 6.41. The first-order valence-corrected chi connectivity index (χ1v) is 8.30. The zero-order chi connectivity index (χ0) is 15.2. The van der Waals surface area contributed by atoms with Gasteiger partial charge in [0.2, 0.25) is 5.91 Å². The van der Waals surface area contributed by atoms with E-state index in [9.17, 15) is 4.79 Å². The third-order valence-corrected chi connectivity index (χ3v) is 4.58. The summed E-state index contributed by atoms with van der Waals surface area (Å²) in [5, 5.41) is 6.37. The van der Waals surface area contributed by atoms with Gasteiger partial charge in [-0.2, -0.15) is 0 Å². The van der Waals surface area contributed by atoms with Crippen molar-refractivity contribution in [1.82, 2.24) is 5.32 Å². The maximum absolute atomic E-state index is 12.3. The summed E-state index contributed by atoms with van der Waals surface area (Å²) in [4.78, 5) is 12.3. The first-order valence-electron chi connectivity index (χ1n) is 7.50. The molecule has 1 fully saturated rings. The van der Waals surface area contributed by atoms with Gasteiger partial charge in [0.1, 0.15) is 11.8 Å². The lowest BCUT2D eigenvalue weighted by Gasteiger charge is -2.25. The Morgan fingerprint density at radius 2 is 2.05 bits per heavy atom. The van der Waals surface area contributed by atoms with Crippen LogP contribution in [-0.4, -0.2) is 25.1 Å². The van der Waals surface area contributed by atoms with Gasteiger partial charge in [0, 0.05) is 16.6 Å². The largest absolute Gasteiger partial charge is 0.497 e. The number of rotatable bonds is 5. The van der Waals surface area contributed by atoms with Crippen molar-refractivity contribution in [2.75, 3.05) is 12.4 Å². The fourth-order valence-corrected chi connectivity index (χ4v) is 2.97. The van der Waals surface area contributed by atoms with Crippen LogP contribution in [0.1, 0.15) is 39.0 Å². The van der Waals surface area contributed by atoms with Crippen LogP contribution in [0, 0.1) is 0 Å². The minimum Gasteiger partial charge on any atom is -0.497 e. The van der Waals surface area contributed by atoms with Crippen molar-refractivity contribution in [2.45, 2.75) is 51.1 Å². The molecular weight excluding hydrogens is 332 g/mol. The number of benzene rings is 1. The second-order valence-electron chi connectivity index (χ2n) is 5.56. The first kappa shape index (κ1) is 16.1. The zero-order valence-corrected chi connectivity index (χ0v) is 14.2. The standard InChI is InChI=1S/C16H23BrN2O2/c1-11(16(20)19-12-6-4-3-5-7-12)18-15-10-13(21-2)8-9-14(15)17/h8-12,18H,3-7H2,1-2H3,(H,19,20). The van der Waals surface area contributed by atoms with Crippen LogP contribution < -0.4 is 15.4 Å². The van der Waals surface area contributed by atoms with Crippen molar-refractivity contribution < 1.29 is 9.53 Å². The molecule has 1 aliphatic carbocycles. The summed E-state index contributed by atoms with van der Waals surface area (Å²) in [5.74, 6) is 0.817. The predicted molar refractivity (Wildman–Crippen MR) is 88.8 cm³/mol. The van der Waals surface area contributed by atoms with Crippen molar-refractivity contribution in [2.24, 2.45) is 0 Å². The summed E-state index contributed by atoms with van der Waals surface area (Å²) in [6.45, 7) is 1.88. The third-order valence-electron chi connectivity index (χ3n) is 3.89. The highest BCUT2D eigenvalue weighted by Gasteiger charge is 2.20. The molecule has 0 radical (unpaired) electrons. The van der Waals surface area contributed by atoms with E-state index in [1.807, 2.05) is 25.1 Å². The Balaban J connectivity index is 1.93. The lowest BCUT2D eigenvalue weighted by atomic mass is 9.95. The fraction of sp³-hybridized carbons (Fsp3) is 0.562. The van der Waals surface area contributed by atoms with E-state index in [0.717, 1.165) is 28.8 Å². The number of amides is 1. The number of anilines is 1. The van der Waals surface area contributed by atoms with Crippen LogP contribution in [0.15, 0.2) is 22.7 Å². The molecule has 0 aromatic heterocycles. The minimum absolute atomic E-state index is 0.0524. The minimum atomic E-state index is -0.282. The molecule has 1 atom stereocenters. The van der Waals surface area contributed by atoms with E-state index in [4.69, 9.17) is 4.74 Å². The number of ether oxygens (including phenoxy) is 1. The number of nitrogens with one attached hydrogen (secondary N) is 2. The lowest BCUT2D eigenvalue weighted by molar-refractivity contribution is -0.122. The lowest BCUT2D eigenvalue weighted by Crippen LogP contribution is -2.44. The van der Waals surface area contributed by atoms with Crippen LogP contribution in [0.25, 0.3) is 0 Å². The predicted octanol–water partition coefficient (Wildman–Crippen LogP) is 3.71. The van der Waals surface area contributed by atoms with E-state index >= 15 is 0 Å². The maximum atomic E-state index is 12.3. The van der Waals surface area contributed by atoms with Crippen LogP contribution in [0.5, 0.6) is 5.75 Å². The highest BCUT2D eigenvalue weighted by atomic mass is 79.9. The number of hydrogen-bond acceptors (Lipinski definition) is 3. The Labute approximate surface area is 134 Å². The molecule has 0 saturated heterocycles. The Morgan fingerprint density at radius 3 is 2.71 bits per heavy atom. The van der Waals surface area contributed by atoms with E-state index in [-0.39, 0.29) is 11.9 Å². The van der Waals surface area contributed by atoms with Crippen molar-refractivity contribution in [3.63, 3.8) is 0 Å². The van der Waals surface area contributed by atoms with Gasteiger partial charge in [-0.1, -0.05) is 19.3 Å². The second kappa shape index (κ2) is 7.69. The van der Waals surface area contributed by atoms with Gasteiger partial charge in [-0.3, -0.25) is 4.79 Å². The summed E-state index contributed by atoms with van der Waals surface area (Å²) < 4.78 is 6.13. The van der Waals surface area contributed by atoms with Gasteiger partial charge >= 0.3 is 0 Å². The van der Waals surface area contributed by atoms with Gasteiger partial charge in [-0.05, 0) is 47.8 Å². The molecule has 1 saturated carbocycles. The molecule has 4 nitrogen and oxygen atoms in total. The molecular formula is C16H23BrN2O2. The van der Waals surface area contributed by atoms with Gasteiger partial charge in [-0.15, -0.1) is 0 Å². The molecule has 2 rings (SSSR count). The summed E-state index contributed by atoms with van der Waals surface area (Å²) in [6, 6.07) is 5.73. The van der Waals surface area contributed by atoms with E-state index in [2.05, 4.69) is 26.6 Å². The van der Waals surface area contributed by atoms with Crippen LogP contribution in [0.2, 0.25) is 0 Å². The molecule has 0 spiro atoms. The van der Waals surface area contributed by atoms with Crippen LogP contribution >= 0.6 is 15.9 Å². The highest BCUT2D eigenvalue weighted by Crippen LogP contribution is 2.27. The molecule has 0 aliphatic heterocycles. The Kier molecular flexibility index (Phi) is 5.91. The number of carbonyl (C=O) groups is 1. The zero-order valence-electron chi connectivity index (χ0n) is 12.6. The average Bonchev–Trinajstić information content (AvgIpc) is 2.50. The molecule has 5 heteroatoms. The van der Waals surface area contributed by atoms with Crippen LogP contribution in [-0.2, 0) is 4.79 Å². The van der Waals surface area contributed by atoms with Gasteiger partial charge in [0.05, 0.1) is 12.8 Å². The van der Waals surface area contributed by atoms with Gasteiger partial charge in [0.15, 0.2) is 0 Å². The van der Waals surface area contributed by atoms with Crippen LogP contribution in [0.3, 0.4) is 0 Å². The van der Waals surface area contributed by atoms with Gasteiger partial charge < -0.3 is 15.4 Å². The Morgan fingerprint density at radius 1 is 1.33 bits per heavy atom. The first-order chi connectivity index (χ1) is 10.1. The van der Waals surface area contributed by atoms with E-state index in [1.165, 1.54) is 19.3 Å². The number of carbonyl (C=O) groups excluding carboxylic acids is 1. The Hall–Kier alpha value is -1.23. The third kappa shape index (κ3) is 4.63. The topological polar surface area (TPSA) is 50.4 Å². The summed E-state index contributed by atoms with van der Waals surface area (Å²) in [5.41, 5.74) is 0.862. The van der Waals surface area contributed by atoms with E-state index in [0.29, 0.717) is 6.04 Å². The van der Waals surface area contributed by atoms with Crippen molar-refractivity contribution in [3.8, 4) is 5.75 Å². The van der Waals surface area contributed by atoms with E-state index < -0.39 is 0 Å². The molecule has 1 unspecified atom stereocenters. The van der Waals surface area contributed by atoms with Crippen molar-refractivity contribution in [3.05, 3.63) is 22.7 Å². The average molecular weight is 355 g/mol. The number of methoxy groups -OCH3 is 1. The summed E-state index contributed by atoms with van der Waals surface area (Å²) in [6.07, 6.45) is 5.92. The monoisotopic (exact) mass is 354 g/mol. The molecule has 116 valence electrons. The van der Waals surface area contributed by atoms with Crippen molar-refractivity contribution in [1.29, 1.82) is 0 Å². The summed E-state index contributed by atoms with van der Waals surface area (Å²) in [7, 11) is 1.63. The van der Waals surface area contributed by atoms with Gasteiger partial charge in [-0.25, -0.2) is 0 Å². The smallest absolute Gasteiger partial charge is 0.242 e. The molecule has 1 aromatic rings. The molecule has 0 heterocycles. The molecule has 0 bridgehead atoms. The fourth-order valence-electron chi connectivity index (χ4n) is 2.61. The SMILES string of the molecule is COc1ccc(Br)c(NC(C)C(=O)NC2CCCCC2)c1. The molecule has 2 N–H and O–H groups in total. The van der Waals surface area contributed by atoms with Crippen molar-refractivity contribution >= 4 is 27.5 Å². The molecule has 1 aromatic carbocycles. The number of halogens is 1. The van der Waals surface area contributed by atoms with Gasteiger partial charge in [0.25, 0.3) is 0 Å².